The van der Waals surface area contributed by atoms with Crippen LogP contribution in [0.3, 0.4) is 0 Å². The molecule has 0 aliphatic rings. The maximum absolute atomic E-state index is 12.2. The van der Waals surface area contributed by atoms with E-state index in [0.717, 1.165) is 0 Å². The number of carboxylic acids is 1. The van der Waals surface area contributed by atoms with Crippen molar-refractivity contribution in [2.45, 2.75) is 6.42 Å². The summed E-state index contributed by atoms with van der Waals surface area (Å²) in [6, 6.07) is 8.76. The zero-order valence-electron chi connectivity index (χ0n) is 8.00. The van der Waals surface area contributed by atoms with Gasteiger partial charge in [0.2, 0.25) is 0 Å². The summed E-state index contributed by atoms with van der Waals surface area (Å²) >= 11 is 0.400. The minimum atomic E-state index is -2.93. The molecule has 82 valence electrons. The van der Waals surface area contributed by atoms with E-state index in [9.17, 15) is 9.36 Å². The molecule has 0 saturated carbocycles. The topological polar surface area (TPSA) is 63.6 Å². The third-order valence-corrected chi connectivity index (χ3v) is 7.09. The zero-order valence-corrected chi connectivity index (χ0v) is 12.2. The van der Waals surface area contributed by atoms with Gasteiger partial charge >= 0.3 is 102 Å². The molecule has 0 radical (unpaired) electrons. The SMILES string of the molecule is O=C(O)CCP(=O)([O][SbH2])c1ccccc1. The first-order chi connectivity index (χ1) is 7.08. The van der Waals surface area contributed by atoms with Gasteiger partial charge in [0.25, 0.3) is 0 Å². The van der Waals surface area contributed by atoms with Gasteiger partial charge in [0.05, 0.1) is 0 Å². The molecule has 1 unspecified atom stereocenters. The summed E-state index contributed by atoms with van der Waals surface area (Å²) < 4.78 is 17.3. The van der Waals surface area contributed by atoms with Crippen molar-refractivity contribution in [1.82, 2.24) is 0 Å². The summed E-state index contributed by atoms with van der Waals surface area (Å²) in [7, 11) is -2.93. The molecule has 0 aromatic heterocycles. The van der Waals surface area contributed by atoms with E-state index >= 15 is 0 Å². The number of carbonyl (C=O) groups is 1. The van der Waals surface area contributed by atoms with E-state index in [1.54, 1.807) is 24.3 Å². The van der Waals surface area contributed by atoms with Gasteiger partial charge in [-0.3, -0.25) is 0 Å². The Morgan fingerprint density at radius 3 is 2.47 bits per heavy atom. The Balaban J connectivity index is 2.86. The predicted molar refractivity (Wildman–Crippen MR) is 60.4 cm³/mol. The molecule has 0 heterocycles. The molecule has 1 atom stereocenters. The summed E-state index contributed by atoms with van der Waals surface area (Å²) in [6.07, 6.45) is -0.0689. The van der Waals surface area contributed by atoms with E-state index in [-0.39, 0.29) is 12.6 Å². The second kappa shape index (κ2) is 5.69. The van der Waals surface area contributed by atoms with Crippen molar-refractivity contribution < 1.29 is 17.3 Å². The Bertz CT molecular complexity index is 379. The molecule has 0 aliphatic heterocycles. The molecular weight excluding hydrogens is 325 g/mol. The fourth-order valence-electron chi connectivity index (χ4n) is 1.14. The molecule has 1 aromatic rings. The monoisotopic (exact) mass is 336 g/mol. The summed E-state index contributed by atoms with van der Waals surface area (Å²) in [5.74, 6) is -0.955. The van der Waals surface area contributed by atoms with Crippen molar-refractivity contribution in [1.29, 1.82) is 0 Å². The fourth-order valence-corrected chi connectivity index (χ4v) is 4.68. The molecule has 1 aromatic carbocycles. The Hall–Kier alpha value is -0.302. The second-order valence-electron chi connectivity index (χ2n) is 2.98. The van der Waals surface area contributed by atoms with E-state index in [1.807, 2.05) is 6.07 Å². The minimum absolute atomic E-state index is 0.0631. The zero-order chi connectivity index (χ0) is 11.3. The molecule has 1 N–H and O–H groups in total. The van der Waals surface area contributed by atoms with Gasteiger partial charge in [-0.05, 0) is 0 Å². The normalized spacial score (nSPS) is 14.5. The predicted octanol–water partition coefficient (Wildman–Crippen LogP) is 0.629. The Labute approximate surface area is 102 Å². The van der Waals surface area contributed by atoms with Crippen molar-refractivity contribution in [3.8, 4) is 0 Å². The van der Waals surface area contributed by atoms with Crippen LogP contribution in [0.5, 0.6) is 0 Å². The Morgan fingerprint density at radius 1 is 1.40 bits per heavy atom. The van der Waals surface area contributed by atoms with Gasteiger partial charge < -0.3 is 0 Å². The van der Waals surface area contributed by atoms with Crippen LogP contribution in [0.1, 0.15) is 6.42 Å². The van der Waals surface area contributed by atoms with E-state index in [4.69, 9.17) is 7.91 Å². The van der Waals surface area contributed by atoms with Crippen LogP contribution in [0.2, 0.25) is 0 Å². The number of carboxylic acid groups (broad SMARTS) is 1. The molecule has 0 spiro atoms. The average Bonchev–Trinajstić information content (AvgIpc) is 2.27. The van der Waals surface area contributed by atoms with E-state index in [2.05, 4.69) is 0 Å². The van der Waals surface area contributed by atoms with Gasteiger partial charge in [-0.1, -0.05) is 0 Å². The number of hydrogen-bond donors (Lipinski definition) is 1. The van der Waals surface area contributed by atoms with Gasteiger partial charge in [0, 0.05) is 0 Å². The van der Waals surface area contributed by atoms with Gasteiger partial charge in [-0.2, -0.15) is 0 Å². The van der Waals surface area contributed by atoms with Crippen molar-refractivity contribution >= 4 is 42.1 Å². The molecule has 6 heteroatoms. The van der Waals surface area contributed by atoms with E-state index in [0.29, 0.717) is 28.7 Å². The summed E-state index contributed by atoms with van der Waals surface area (Å²) in [6.45, 7) is 0. The molecule has 0 amide bonds. The quantitative estimate of drug-likeness (QED) is 0.633. The third-order valence-electron chi connectivity index (χ3n) is 1.94. The van der Waals surface area contributed by atoms with Crippen LogP contribution in [-0.4, -0.2) is 40.7 Å². The molecule has 0 bridgehead atoms. The molecule has 0 aliphatic carbocycles. The average molecular weight is 337 g/mol. The third kappa shape index (κ3) is 3.64. The Morgan fingerprint density at radius 2 is 2.00 bits per heavy atom. The van der Waals surface area contributed by atoms with Crippen LogP contribution in [0, 0.1) is 0 Å². The first-order valence-electron chi connectivity index (χ1n) is 4.33. The van der Waals surface area contributed by atoms with Crippen molar-refractivity contribution in [2.24, 2.45) is 0 Å². The summed E-state index contributed by atoms with van der Waals surface area (Å²) in [5.41, 5.74) is 0. The maximum atomic E-state index is 12.2. The first-order valence-corrected chi connectivity index (χ1v) is 7.49. The summed E-state index contributed by atoms with van der Waals surface area (Å²) in [5, 5.41) is 9.15. The van der Waals surface area contributed by atoms with E-state index < -0.39 is 13.3 Å². The molecule has 0 saturated heterocycles. The molecule has 1 rings (SSSR count). The van der Waals surface area contributed by atoms with Crippen molar-refractivity contribution in [3.63, 3.8) is 0 Å². The van der Waals surface area contributed by atoms with Gasteiger partial charge in [-0.15, -0.1) is 0 Å². The molecule has 15 heavy (non-hydrogen) atoms. The number of aliphatic carboxylic acids is 1. The molecular formula is C9H12O4PSb. The van der Waals surface area contributed by atoms with Crippen molar-refractivity contribution in [2.75, 3.05) is 6.16 Å². The second-order valence-corrected chi connectivity index (χ2v) is 7.31. The van der Waals surface area contributed by atoms with Crippen LogP contribution in [0.25, 0.3) is 0 Å². The number of rotatable bonds is 5. The fraction of sp³-hybridized carbons (Fsp3) is 0.222. The van der Waals surface area contributed by atoms with Gasteiger partial charge in [0.15, 0.2) is 0 Å². The van der Waals surface area contributed by atoms with Crippen LogP contribution < -0.4 is 5.30 Å². The van der Waals surface area contributed by atoms with Crippen LogP contribution in [0.15, 0.2) is 30.3 Å². The number of hydrogen-bond acceptors (Lipinski definition) is 3. The standard InChI is InChI=1S/C9H11O4P.Sb.2H/c10-9(11)6-7-14(12,13)8-4-2-1-3-5-8;;;/h1-5H,6-7H2,(H,10,11)(H,12,13);;;/q;+1;;/p-1. The van der Waals surface area contributed by atoms with Gasteiger partial charge in [0.1, 0.15) is 0 Å². The number of benzene rings is 1. The van der Waals surface area contributed by atoms with Crippen molar-refractivity contribution in [3.05, 3.63) is 30.3 Å². The van der Waals surface area contributed by atoms with Gasteiger partial charge in [-0.25, -0.2) is 0 Å². The van der Waals surface area contributed by atoms with Crippen LogP contribution in [-0.2, 0) is 12.2 Å². The van der Waals surface area contributed by atoms with Crippen LogP contribution in [0.4, 0.5) is 0 Å². The summed E-state index contributed by atoms with van der Waals surface area (Å²) in [4.78, 5) is 10.4. The molecule has 4 nitrogen and oxygen atoms in total. The van der Waals surface area contributed by atoms with Crippen LogP contribution >= 0.6 is 7.37 Å². The first kappa shape index (κ1) is 12.8. The molecule has 0 fully saturated rings. The Kier molecular flexibility index (Phi) is 4.84. The van der Waals surface area contributed by atoms with E-state index in [1.165, 1.54) is 0 Å².